The van der Waals surface area contributed by atoms with Gasteiger partial charge in [0.15, 0.2) is 0 Å². The minimum absolute atomic E-state index is 0.663. The molecule has 0 fully saturated rings. The van der Waals surface area contributed by atoms with Crippen LogP contribution in [0.15, 0.2) is 29.1 Å². The van der Waals surface area contributed by atoms with Gasteiger partial charge in [0.2, 0.25) is 0 Å². The van der Waals surface area contributed by atoms with Crippen molar-refractivity contribution in [2.45, 2.75) is 19.8 Å². The third-order valence-corrected chi connectivity index (χ3v) is 3.13. The number of pyridine rings is 1. The van der Waals surface area contributed by atoms with Gasteiger partial charge in [0.05, 0.1) is 0 Å². The molecule has 0 aliphatic heterocycles. The van der Waals surface area contributed by atoms with Crippen molar-refractivity contribution in [3.63, 3.8) is 0 Å². The van der Waals surface area contributed by atoms with Crippen LogP contribution in [0.4, 0.5) is 5.82 Å². The Bertz CT molecular complexity index is 435. The van der Waals surface area contributed by atoms with Crippen LogP contribution in [0.1, 0.15) is 16.7 Å². The fraction of sp³-hybridized carbons (Fsp3) is 0.250. The van der Waals surface area contributed by atoms with E-state index in [0.717, 1.165) is 18.4 Å². The molecule has 0 bridgehead atoms. The number of hydrogen-bond acceptors (Lipinski definition) is 3. The number of hydrogen-bond donors (Lipinski definition) is 1. The number of nitrogen functional groups attached to an aromatic ring is 1. The molecule has 78 valence electrons. The predicted octanol–water partition coefficient (Wildman–Crippen LogP) is 2.82. The van der Waals surface area contributed by atoms with E-state index >= 15 is 0 Å². The quantitative estimate of drug-likeness (QED) is 0.860. The van der Waals surface area contributed by atoms with E-state index < -0.39 is 0 Å². The number of thiophene rings is 1. The molecule has 0 aliphatic carbocycles. The molecule has 0 spiro atoms. The summed E-state index contributed by atoms with van der Waals surface area (Å²) in [6.45, 7) is 2.04. The van der Waals surface area contributed by atoms with Crippen LogP contribution in [0.5, 0.6) is 0 Å². The molecule has 0 radical (unpaired) electrons. The molecule has 2 N–H and O–H groups in total. The molecule has 2 aromatic rings. The van der Waals surface area contributed by atoms with Gasteiger partial charge in [-0.3, -0.25) is 0 Å². The summed E-state index contributed by atoms with van der Waals surface area (Å²) in [4.78, 5) is 4.16. The van der Waals surface area contributed by atoms with Crippen LogP contribution in [-0.4, -0.2) is 4.98 Å². The highest BCUT2D eigenvalue weighted by Crippen LogP contribution is 2.15. The SMILES string of the molecule is Cc1cnc(N)c(CCc2ccsc2)c1. The summed E-state index contributed by atoms with van der Waals surface area (Å²) in [6.07, 6.45) is 3.82. The van der Waals surface area contributed by atoms with Crippen molar-refractivity contribution in [1.29, 1.82) is 0 Å². The molecule has 0 atom stereocenters. The lowest BCUT2D eigenvalue weighted by molar-refractivity contribution is 0.956. The minimum Gasteiger partial charge on any atom is -0.383 e. The number of aromatic nitrogens is 1. The Balaban J connectivity index is 2.07. The van der Waals surface area contributed by atoms with Crippen molar-refractivity contribution in [3.8, 4) is 0 Å². The predicted molar refractivity (Wildman–Crippen MR) is 65.1 cm³/mol. The van der Waals surface area contributed by atoms with Crippen LogP contribution in [0.3, 0.4) is 0 Å². The molecule has 15 heavy (non-hydrogen) atoms. The molecule has 0 saturated heterocycles. The molecule has 2 aromatic heterocycles. The van der Waals surface area contributed by atoms with E-state index in [1.54, 1.807) is 11.3 Å². The Morgan fingerprint density at radius 3 is 3.00 bits per heavy atom. The van der Waals surface area contributed by atoms with Gasteiger partial charge in [-0.1, -0.05) is 6.07 Å². The second kappa shape index (κ2) is 4.45. The molecular weight excluding hydrogens is 204 g/mol. The van der Waals surface area contributed by atoms with Crippen molar-refractivity contribution in [2.75, 3.05) is 5.73 Å². The third-order valence-electron chi connectivity index (χ3n) is 2.40. The van der Waals surface area contributed by atoms with Gasteiger partial charge in [0, 0.05) is 6.20 Å². The lowest BCUT2D eigenvalue weighted by Crippen LogP contribution is -2.00. The average molecular weight is 218 g/mol. The molecule has 2 rings (SSSR count). The lowest BCUT2D eigenvalue weighted by Gasteiger charge is -2.04. The summed E-state index contributed by atoms with van der Waals surface area (Å²) >= 11 is 1.74. The van der Waals surface area contributed by atoms with Crippen LogP contribution in [0.2, 0.25) is 0 Å². The van der Waals surface area contributed by atoms with E-state index in [4.69, 9.17) is 5.73 Å². The van der Waals surface area contributed by atoms with Gasteiger partial charge in [-0.25, -0.2) is 4.98 Å². The Hall–Kier alpha value is -1.35. The zero-order valence-electron chi connectivity index (χ0n) is 8.73. The van der Waals surface area contributed by atoms with Crippen molar-refractivity contribution in [2.24, 2.45) is 0 Å². The molecule has 0 aliphatic rings. The van der Waals surface area contributed by atoms with Gasteiger partial charge in [0.1, 0.15) is 5.82 Å². The fourth-order valence-corrected chi connectivity index (χ4v) is 2.26. The van der Waals surface area contributed by atoms with E-state index in [-0.39, 0.29) is 0 Å². The fourth-order valence-electron chi connectivity index (χ4n) is 1.55. The van der Waals surface area contributed by atoms with Crippen LogP contribution >= 0.6 is 11.3 Å². The van der Waals surface area contributed by atoms with Crippen molar-refractivity contribution in [1.82, 2.24) is 4.98 Å². The second-order valence-corrected chi connectivity index (χ2v) is 4.47. The molecular formula is C12H14N2S. The molecule has 3 heteroatoms. The van der Waals surface area contributed by atoms with E-state index in [1.165, 1.54) is 11.1 Å². The van der Waals surface area contributed by atoms with Gasteiger partial charge < -0.3 is 5.73 Å². The van der Waals surface area contributed by atoms with E-state index in [1.807, 2.05) is 13.1 Å². The molecule has 2 nitrogen and oxygen atoms in total. The first-order chi connectivity index (χ1) is 7.25. The Morgan fingerprint density at radius 1 is 1.40 bits per heavy atom. The first-order valence-corrected chi connectivity index (χ1v) is 5.92. The van der Waals surface area contributed by atoms with Crippen molar-refractivity contribution in [3.05, 3.63) is 45.8 Å². The highest BCUT2D eigenvalue weighted by molar-refractivity contribution is 7.07. The van der Waals surface area contributed by atoms with Crippen molar-refractivity contribution >= 4 is 17.2 Å². The van der Waals surface area contributed by atoms with Gasteiger partial charge in [-0.2, -0.15) is 11.3 Å². The van der Waals surface area contributed by atoms with Crippen LogP contribution in [-0.2, 0) is 12.8 Å². The first kappa shape index (κ1) is 10.2. The van der Waals surface area contributed by atoms with E-state index in [0.29, 0.717) is 5.82 Å². The third kappa shape index (κ3) is 2.57. The van der Waals surface area contributed by atoms with E-state index in [2.05, 4.69) is 27.9 Å². The maximum Gasteiger partial charge on any atom is 0.126 e. The molecule has 2 heterocycles. The number of anilines is 1. The number of nitrogens with zero attached hydrogens (tertiary/aromatic N) is 1. The summed E-state index contributed by atoms with van der Waals surface area (Å²) in [6, 6.07) is 4.28. The highest BCUT2D eigenvalue weighted by Gasteiger charge is 2.01. The van der Waals surface area contributed by atoms with Crippen molar-refractivity contribution < 1.29 is 0 Å². The van der Waals surface area contributed by atoms with Crippen LogP contribution in [0.25, 0.3) is 0 Å². The largest absolute Gasteiger partial charge is 0.383 e. The summed E-state index contributed by atoms with van der Waals surface area (Å²) in [5, 5.41) is 4.28. The maximum absolute atomic E-state index is 5.82. The Kier molecular flexibility index (Phi) is 3.02. The second-order valence-electron chi connectivity index (χ2n) is 3.69. The molecule has 0 unspecified atom stereocenters. The van der Waals surface area contributed by atoms with Gasteiger partial charge in [0.25, 0.3) is 0 Å². The topological polar surface area (TPSA) is 38.9 Å². The number of aryl methyl sites for hydroxylation is 3. The Morgan fingerprint density at radius 2 is 2.27 bits per heavy atom. The lowest BCUT2D eigenvalue weighted by atomic mass is 10.1. The number of rotatable bonds is 3. The zero-order valence-corrected chi connectivity index (χ0v) is 9.55. The van der Waals surface area contributed by atoms with Crippen LogP contribution < -0.4 is 5.73 Å². The highest BCUT2D eigenvalue weighted by atomic mass is 32.1. The first-order valence-electron chi connectivity index (χ1n) is 4.98. The molecule has 0 saturated carbocycles. The summed E-state index contributed by atoms with van der Waals surface area (Å²) < 4.78 is 0. The maximum atomic E-state index is 5.82. The summed E-state index contributed by atoms with van der Waals surface area (Å²) in [5.74, 6) is 0.663. The summed E-state index contributed by atoms with van der Waals surface area (Å²) in [7, 11) is 0. The standard InChI is InChI=1S/C12H14N2S/c1-9-6-11(12(13)14-7-9)3-2-10-4-5-15-8-10/h4-8H,2-3H2,1H3,(H2,13,14). The normalized spacial score (nSPS) is 10.5. The average Bonchev–Trinajstić information content (AvgIpc) is 2.72. The van der Waals surface area contributed by atoms with Crippen LogP contribution in [0, 0.1) is 6.92 Å². The monoisotopic (exact) mass is 218 g/mol. The van der Waals surface area contributed by atoms with Gasteiger partial charge in [-0.15, -0.1) is 0 Å². The Labute approximate surface area is 93.8 Å². The zero-order chi connectivity index (χ0) is 10.7. The minimum atomic E-state index is 0.663. The molecule has 0 aromatic carbocycles. The number of nitrogens with two attached hydrogens (primary N) is 1. The van der Waals surface area contributed by atoms with E-state index in [9.17, 15) is 0 Å². The summed E-state index contributed by atoms with van der Waals surface area (Å²) in [5.41, 5.74) is 9.52. The molecule has 0 amide bonds. The smallest absolute Gasteiger partial charge is 0.126 e. The van der Waals surface area contributed by atoms with Gasteiger partial charge in [-0.05, 0) is 53.3 Å². The van der Waals surface area contributed by atoms with Gasteiger partial charge >= 0.3 is 0 Å².